The first-order valence-electron chi connectivity index (χ1n) is 9.45. The Bertz CT molecular complexity index is 1210. The summed E-state index contributed by atoms with van der Waals surface area (Å²) in [5, 5.41) is 3.36. The van der Waals surface area contributed by atoms with E-state index in [1.165, 1.54) is 11.8 Å². The monoisotopic (exact) mass is 433 g/mol. The fourth-order valence-corrected chi connectivity index (χ4v) is 3.47. The van der Waals surface area contributed by atoms with Crippen molar-refractivity contribution in [2.75, 3.05) is 18.2 Å². The van der Waals surface area contributed by atoms with Crippen molar-refractivity contribution in [1.29, 1.82) is 0 Å². The number of hydrogen-bond acceptors (Lipinski definition) is 6. The average Bonchev–Trinajstić information content (AvgIpc) is 3.18. The van der Waals surface area contributed by atoms with Crippen LogP contribution in [0.25, 0.3) is 5.52 Å². The van der Waals surface area contributed by atoms with Crippen LogP contribution in [0.3, 0.4) is 0 Å². The molecule has 4 rings (SSSR count). The molecule has 0 fully saturated rings. The molecule has 2 heterocycles. The molecule has 1 N–H and O–H groups in total. The van der Waals surface area contributed by atoms with E-state index in [1.807, 2.05) is 54.9 Å². The predicted octanol–water partition coefficient (Wildman–Crippen LogP) is 4.64. The van der Waals surface area contributed by atoms with Gasteiger partial charge in [0, 0.05) is 11.9 Å². The normalized spacial score (nSPS) is 10.6. The highest BCUT2D eigenvalue weighted by Crippen LogP contribution is 2.23. The van der Waals surface area contributed by atoms with E-state index in [0.717, 1.165) is 5.75 Å². The van der Waals surface area contributed by atoms with E-state index in [-0.39, 0.29) is 5.69 Å². The molecule has 0 saturated carbocycles. The number of carbonyl (C=O) groups excluding carboxylic acids is 2. The molecule has 0 saturated heterocycles. The van der Waals surface area contributed by atoms with Crippen LogP contribution >= 0.6 is 11.8 Å². The number of rotatable bonds is 7. The van der Waals surface area contributed by atoms with Crippen molar-refractivity contribution in [3.05, 3.63) is 84.7 Å². The van der Waals surface area contributed by atoms with E-state index in [1.54, 1.807) is 34.7 Å². The van der Waals surface area contributed by atoms with Crippen LogP contribution in [0, 0.1) is 0 Å². The van der Waals surface area contributed by atoms with Crippen molar-refractivity contribution in [1.82, 2.24) is 9.38 Å². The minimum absolute atomic E-state index is 0.181. The number of benzene rings is 2. The van der Waals surface area contributed by atoms with Gasteiger partial charge in [-0.2, -0.15) is 0 Å². The van der Waals surface area contributed by atoms with Gasteiger partial charge < -0.3 is 14.8 Å². The highest BCUT2D eigenvalue weighted by molar-refractivity contribution is 7.98. The van der Waals surface area contributed by atoms with Crippen LogP contribution in [0.5, 0.6) is 11.5 Å². The lowest BCUT2D eigenvalue weighted by Crippen LogP contribution is -2.21. The molecule has 156 valence electrons. The van der Waals surface area contributed by atoms with Gasteiger partial charge in [-0.25, -0.2) is 9.78 Å². The standard InChI is InChI=1S/C23H19N3O4S/c1-31-23-25-21(19-9-5-6-14-26(19)23)22(28)29-15-20(27)24-16-10-12-18(13-11-16)30-17-7-3-2-4-8-17/h2-14H,15H2,1H3,(H,24,27). The predicted molar refractivity (Wildman–Crippen MR) is 119 cm³/mol. The Labute approximate surface area is 183 Å². The van der Waals surface area contributed by atoms with Crippen LogP contribution in [-0.4, -0.2) is 34.1 Å². The first-order chi connectivity index (χ1) is 15.1. The largest absolute Gasteiger partial charge is 0.457 e. The molecular weight excluding hydrogens is 414 g/mol. The van der Waals surface area contributed by atoms with E-state index in [9.17, 15) is 9.59 Å². The Morgan fingerprint density at radius 2 is 1.68 bits per heavy atom. The second-order valence-electron chi connectivity index (χ2n) is 6.47. The zero-order chi connectivity index (χ0) is 21.6. The number of hydrogen-bond donors (Lipinski definition) is 1. The highest BCUT2D eigenvalue weighted by atomic mass is 32.2. The molecule has 0 bridgehead atoms. The number of amides is 1. The van der Waals surface area contributed by atoms with Gasteiger partial charge in [0.15, 0.2) is 17.5 Å². The second-order valence-corrected chi connectivity index (χ2v) is 7.24. The second kappa shape index (κ2) is 9.36. The van der Waals surface area contributed by atoms with Crippen molar-refractivity contribution in [2.45, 2.75) is 5.16 Å². The molecule has 1 amide bonds. The van der Waals surface area contributed by atoms with E-state index in [4.69, 9.17) is 9.47 Å². The Hall–Kier alpha value is -3.78. The number of esters is 1. The number of nitrogens with zero attached hydrogens (tertiary/aromatic N) is 2. The zero-order valence-corrected chi connectivity index (χ0v) is 17.5. The zero-order valence-electron chi connectivity index (χ0n) is 16.6. The lowest BCUT2D eigenvalue weighted by atomic mass is 10.3. The maximum absolute atomic E-state index is 12.5. The molecule has 0 spiro atoms. The summed E-state index contributed by atoms with van der Waals surface area (Å²) < 4.78 is 12.7. The van der Waals surface area contributed by atoms with E-state index < -0.39 is 18.5 Å². The third-order valence-electron chi connectivity index (χ3n) is 4.34. The molecular formula is C23H19N3O4S. The highest BCUT2D eigenvalue weighted by Gasteiger charge is 2.19. The quantitative estimate of drug-likeness (QED) is 0.338. The number of ether oxygens (including phenoxy) is 2. The number of imidazole rings is 1. The van der Waals surface area contributed by atoms with Crippen LogP contribution < -0.4 is 10.1 Å². The smallest absolute Gasteiger partial charge is 0.359 e. The number of carbonyl (C=O) groups is 2. The van der Waals surface area contributed by atoms with E-state index in [2.05, 4.69) is 10.3 Å². The summed E-state index contributed by atoms with van der Waals surface area (Å²) in [5.41, 5.74) is 1.38. The van der Waals surface area contributed by atoms with Gasteiger partial charge in [-0.05, 0) is 54.8 Å². The minimum Gasteiger partial charge on any atom is -0.457 e. The van der Waals surface area contributed by atoms with Crippen molar-refractivity contribution < 1.29 is 19.1 Å². The fourth-order valence-electron chi connectivity index (χ4n) is 2.93. The molecule has 31 heavy (non-hydrogen) atoms. The summed E-state index contributed by atoms with van der Waals surface area (Å²) in [6.07, 6.45) is 3.70. The number of aromatic nitrogens is 2. The van der Waals surface area contributed by atoms with Crippen LogP contribution in [0.1, 0.15) is 10.5 Å². The van der Waals surface area contributed by atoms with E-state index >= 15 is 0 Å². The number of pyridine rings is 1. The maximum Gasteiger partial charge on any atom is 0.359 e. The van der Waals surface area contributed by atoms with Crippen LogP contribution in [0.15, 0.2) is 84.1 Å². The average molecular weight is 433 g/mol. The topological polar surface area (TPSA) is 81.9 Å². The van der Waals surface area contributed by atoms with Gasteiger partial charge in [-0.1, -0.05) is 36.0 Å². The van der Waals surface area contributed by atoms with Gasteiger partial charge in [-0.3, -0.25) is 9.20 Å². The molecule has 7 nitrogen and oxygen atoms in total. The van der Waals surface area contributed by atoms with Gasteiger partial charge in [0.25, 0.3) is 5.91 Å². The van der Waals surface area contributed by atoms with Crippen molar-refractivity contribution in [3.8, 4) is 11.5 Å². The lowest BCUT2D eigenvalue weighted by molar-refractivity contribution is -0.119. The van der Waals surface area contributed by atoms with Gasteiger partial charge in [0.1, 0.15) is 11.5 Å². The molecule has 0 aliphatic rings. The number of anilines is 1. The molecule has 4 aromatic rings. The molecule has 2 aromatic heterocycles. The Morgan fingerprint density at radius 3 is 2.42 bits per heavy atom. The first-order valence-corrected chi connectivity index (χ1v) is 10.7. The van der Waals surface area contributed by atoms with E-state index in [0.29, 0.717) is 22.1 Å². The first kappa shape index (κ1) is 20.5. The van der Waals surface area contributed by atoms with Crippen molar-refractivity contribution >= 4 is 34.8 Å². The summed E-state index contributed by atoms with van der Waals surface area (Å²) in [6.45, 7) is -0.415. The van der Waals surface area contributed by atoms with Gasteiger partial charge in [-0.15, -0.1) is 0 Å². The molecule has 0 radical (unpaired) electrons. The summed E-state index contributed by atoms with van der Waals surface area (Å²) in [5.74, 6) is 0.277. The Balaban J connectivity index is 1.34. The molecule has 0 aliphatic heterocycles. The molecule has 8 heteroatoms. The third kappa shape index (κ3) is 4.87. The SMILES string of the molecule is CSc1nc(C(=O)OCC(=O)Nc2ccc(Oc3ccccc3)cc2)c2ccccn12. The summed E-state index contributed by atoms with van der Waals surface area (Å²) in [6, 6.07) is 21.8. The van der Waals surface area contributed by atoms with Crippen molar-refractivity contribution in [3.63, 3.8) is 0 Å². The van der Waals surface area contributed by atoms with Crippen molar-refractivity contribution in [2.24, 2.45) is 0 Å². The fraction of sp³-hybridized carbons (Fsp3) is 0.0870. The number of fused-ring (bicyclic) bond motifs is 1. The van der Waals surface area contributed by atoms with Gasteiger partial charge >= 0.3 is 5.97 Å². The molecule has 0 aliphatic carbocycles. The number of thioether (sulfide) groups is 1. The van der Waals surface area contributed by atoms with Gasteiger partial charge in [0.2, 0.25) is 0 Å². The van der Waals surface area contributed by atoms with Crippen LogP contribution in [0.2, 0.25) is 0 Å². The maximum atomic E-state index is 12.5. The molecule has 0 atom stereocenters. The Kier molecular flexibility index (Phi) is 6.18. The summed E-state index contributed by atoms with van der Waals surface area (Å²) in [4.78, 5) is 29.0. The minimum atomic E-state index is -0.647. The van der Waals surface area contributed by atoms with Crippen LogP contribution in [0.4, 0.5) is 5.69 Å². The third-order valence-corrected chi connectivity index (χ3v) is 5.00. The Morgan fingerprint density at radius 1 is 0.968 bits per heavy atom. The van der Waals surface area contributed by atoms with Crippen LogP contribution in [-0.2, 0) is 9.53 Å². The van der Waals surface area contributed by atoms with Gasteiger partial charge in [0.05, 0.1) is 5.52 Å². The summed E-state index contributed by atoms with van der Waals surface area (Å²) in [7, 11) is 0. The molecule has 2 aromatic carbocycles. The lowest BCUT2D eigenvalue weighted by Gasteiger charge is -2.08. The number of nitrogens with one attached hydrogen (secondary N) is 1. The molecule has 0 unspecified atom stereocenters. The number of para-hydroxylation sites is 1. The summed E-state index contributed by atoms with van der Waals surface area (Å²) >= 11 is 1.42.